The minimum Gasteiger partial charge on any atom is -0.495 e. The molecule has 8 nitrogen and oxygen atoms in total. The third-order valence-corrected chi connectivity index (χ3v) is 6.40. The average Bonchev–Trinajstić information content (AvgIpc) is 2.74. The topological polar surface area (TPSA) is 88.2 Å². The highest BCUT2D eigenvalue weighted by atomic mass is 32.2. The van der Waals surface area contributed by atoms with Crippen molar-refractivity contribution in [1.29, 1.82) is 0 Å². The van der Waals surface area contributed by atoms with Gasteiger partial charge < -0.3 is 19.7 Å². The van der Waals surface area contributed by atoms with Gasteiger partial charge in [0.2, 0.25) is 15.9 Å². The first-order valence-electron chi connectivity index (χ1n) is 10.1. The standard InChI is InChI=1S/C22H29N3O5S/c1-16-5-10-21(29-3)20(15-16)25(31(4,27)28)17(2)22(26)23-18-6-8-19(9-7-18)24-11-13-30-14-12-24/h5-10,15,17H,11-14H2,1-4H3,(H,23,26)/t17-/m1/s1. The summed E-state index contributed by atoms with van der Waals surface area (Å²) >= 11 is 0. The lowest BCUT2D eigenvalue weighted by Crippen LogP contribution is -2.45. The Bertz CT molecular complexity index is 1020. The largest absolute Gasteiger partial charge is 0.495 e. The van der Waals surface area contributed by atoms with E-state index in [1.165, 1.54) is 7.11 Å². The maximum atomic E-state index is 13.0. The molecule has 168 valence electrons. The van der Waals surface area contributed by atoms with Gasteiger partial charge in [-0.15, -0.1) is 0 Å². The van der Waals surface area contributed by atoms with Crippen LogP contribution in [0.5, 0.6) is 5.75 Å². The van der Waals surface area contributed by atoms with Crippen LogP contribution in [0.4, 0.5) is 17.1 Å². The maximum absolute atomic E-state index is 13.0. The maximum Gasteiger partial charge on any atom is 0.247 e. The molecule has 0 saturated carbocycles. The van der Waals surface area contributed by atoms with E-state index >= 15 is 0 Å². The Kier molecular flexibility index (Phi) is 7.07. The fourth-order valence-corrected chi connectivity index (χ4v) is 4.75. The zero-order valence-corrected chi connectivity index (χ0v) is 19.1. The van der Waals surface area contributed by atoms with Gasteiger partial charge in [-0.05, 0) is 55.8 Å². The number of morpholine rings is 1. The SMILES string of the molecule is COc1ccc(C)cc1N([C@H](C)C(=O)Nc1ccc(N2CCOCC2)cc1)S(C)(=O)=O. The molecule has 0 aromatic heterocycles. The van der Waals surface area contributed by atoms with Gasteiger partial charge in [0, 0.05) is 24.5 Å². The number of sulfonamides is 1. The predicted molar refractivity (Wildman–Crippen MR) is 123 cm³/mol. The Morgan fingerprint density at radius 3 is 2.39 bits per heavy atom. The summed E-state index contributed by atoms with van der Waals surface area (Å²) in [4.78, 5) is 15.2. The summed E-state index contributed by atoms with van der Waals surface area (Å²) in [5.41, 5.74) is 2.83. The van der Waals surface area contributed by atoms with Crippen molar-refractivity contribution >= 4 is 33.0 Å². The lowest BCUT2D eigenvalue weighted by Gasteiger charge is -2.30. The van der Waals surface area contributed by atoms with E-state index in [2.05, 4.69) is 10.2 Å². The van der Waals surface area contributed by atoms with Crippen LogP contribution in [0.1, 0.15) is 12.5 Å². The number of rotatable bonds is 7. The molecule has 0 aliphatic carbocycles. The van der Waals surface area contributed by atoms with Gasteiger partial charge in [0.25, 0.3) is 0 Å². The number of amides is 1. The molecular weight excluding hydrogens is 418 g/mol. The van der Waals surface area contributed by atoms with Gasteiger partial charge in [0.05, 0.1) is 32.3 Å². The van der Waals surface area contributed by atoms with Gasteiger partial charge in [-0.3, -0.25) is 9.10 Å². The van der Waals surface area contributed by atoms with Crippen molar-refractivity contribution in [2.24, 2.45) is 0 Å². The van der Waals surface area contributed by atoms with Crippen molar-refractivity contribution in [2.75, 3.05) is 54.2 Å². The summed E-state index contributed by atoms with van der Waals surface area (Å²) in [5, 5.41) is 2.82. The van der Waals surface area contributed by atoms with Crippen LogP contribution in [-0.2, 0) is 19.6 Å². The van der Waals surface area contributed by atoms with Crippen molar-refractivity contribution in [2.45, 2.75) is 19.9 Å². The zero-order valence-electron chi connectivity index (χ0n) is 18.3. The summed E-state index contributed by atoms with van der Waals surface area (Å²) in [6.45, 7) is 6.44. The van der Waals surface area contributed by atoms with Gasteiger partial charge in [-0.2, -0.15) is 0 Å². The molecule has 0 unspecified atom stereocenters. The molecule has 1 amide bonds. The van der Waals surface area contributed by atoms with Crippen LogP contribution in [0.2, 0.25) is 0 Å². The van der Waals surface area contributed by atoms with E-state index in [-0.39, 0.29) is 0 Å². The molecule has 9 heteroatoms. The first kappa shape index (κ1) is 22.9. The lowest BCUT2D eigenvalue weighted by atomic mass is 10.2. The minimum absolute atomic E-state index is 0.329. The molecular formula is C22H29N3O5S. The van der Waals surface area contributed by atoms with Gasteiger partial charge in [0.1, 0.15) is 11.8 Å². The number of methoxy groups -OCH3 is 1. The molecule has 1 aliphatic heterocycles. The van der Waals surface area contributed by atoms with Gasteiger partial charge in [-0.1, -0.05) is 6.07 Å². The van der Waals surface area contributed by atoms with Crippen LogP contribution in [0.3, 0.4) is 0 Å². The number of benzene rings is 2. The molecule has 0 bridgehead atoms. The van der Waals surface area contributed by atoms with E-state index in [0.717, 1.165) is 34.9 Å². The second kappa shape index (κ2) is 9.57. The third-order valence-electron chi connectivity index (χ3n) is 5.17. The minimum atomic E-state index is -3.75. The summed E-state index contributed by atoms with van der Waals surface area (Å²) in [6.07, 6.45) is 1.08. The van der Waals surface area contributed by atoms with Crippen LogP contribution in [0, 0.1) is 6.92 Å². The van der Waals surface area contributed by atoms with E-state index in [4.69, 9.17) is 9.47 Å². The van der Waals surface area contributed by atoms with E-state index in [9.17, 15) is 13.2 Å². The fourth-order valence-electron chi connectivity index (χ4n) is 3.58. The van der Waals surface area contributed by atoms with Crippen molar-refractivity contribution in [3.63, 3.8) is 0 Å². The number of nitrogens with zero attached hydrogens (tertiary/aromatic N) is 2. The van der Waals surface area contributed by atoms with Crippen molar-refractivity contribution in [1.82, 2.24) is 0 Å². The average molecular weight is 448 g/mol. The molecule has 1 fully saturated rings. The smallest absolute Gasteiger partial charge is 0.247 e. The monoisotopic (exact) mass is 447 g/mol. The molecule has 3 rings (SSSR count). The molecule has 1 aliphatic rings. The van der Waals surface area contributed by atoms with Gasteiger partial charge in [0.15, 0.2) is 0 Å². The Hall–Kier alpha value is -2.78. The van der Waals surface area contributed by atoms with Crippen molar-refractivity contribution < 1.29 is 22.7 Å². The molecule has 31 heavy (non-hydrogen) atoms. The number of hydrogen-bond acceptors (Lipinski definition) is 6. The van der Waals surface area contributed by atoms with Gasteiger partial charge in [-0.25, -0.2) is 8.42 Å². The quantitative estimate of drug-likeness (QED) is 0.702. The molecule has 0 radical (unpaired) electrons. The zero-order chi connectivity index (χ0) is 22.6. The van der Waals surface area contributed by atoms with E-state index < -0.39 is 22.0 Å². The molecule has 0 spiro atoms. The summed E-state index contributed by atoms with van der Waals surface area (Å²) in [7, 11) is -2.28. The van der Waals surface area contributed by atoms with E-state index in [1.54, 1.807) is 19.1 Å². The summed E-state index contributed by atoms with van der Waals surface area (Å²) in [5.74, 6) is -0.0568. The fraction of sp³-hybridized carbons (Fsp3) is 0.409. The van der Waals surface area contributed by atoms with E-state index in [1.807, 2.05) is 37.3 Å². The molecule has 1 saturated heterocycles. The number of hydrogen-bond donors (Lipinski definition) is 1. The molecule has 1 atom stereocenters. The van der Waals surface area contributed by atoms with Crippen LogP contribution in [0.15, 0.2) is 42.5 Å². The van der Waals surface area contributed by atoms with Crippen LogP contribution in [-0.4, -0.2) is 60.0 Å². The summed E-state index contributed by atoms with van der Waals surface area (Å²) in [6, 6.07) is 11.7. The first-order chi connectivity index (χ1) is 14.7. The molecule has 2 aromatic rings. The van der Waals surface area contributed by atoms with Crippen molar-refractivity contribution in [3.8, 4) is 5.75 Å². The number of carbonyl (C=O) groups excluding carboxylic acids is 1. The van der Waals surface area contributed by atoms with Crippen LogP contribution >= 0.6 is 0 Å². The van der Waals surface area contributed by atoms with Gasteiger partial charge >= 0.3 is 0 Å². The number of anilines is 3. The number of nitrogens with one attached hydrogen (secondary N) is 1. The highest BCUT2D eigenvalue weighted by Crippen LogP contribution is 2.33. The first-order valence-corrected chi connectivity index (χ1v) is 11.9. The van der Waals surface area contributed by atoms with Crippen molar-refractivity contribution in [3.05, 3.63) is 48.0 Å². The second-order valence-corrected chi connectivity index (χ2v) is 9.41. The highest BCUT2D eigenvalue weighted by Gasteiger charge is 2.31. The van der Waals surface area contributed by atoms with Crippen LogP contribution < -0.4 is 19.3 Å². The summed E-state index contributed by atoms with van der Waals surface area (Å²) < 4.78 is 37.0. The number of ether oxygens (including phenoxy) is 2. The van der Waals surface area contributed by atoms with E-state index in [0.29, 0.717) is 30.3 Å². The Morgan fingerprint density at radius 1 is 1.16 bits per heavy atom. The number of aryl methyl sites for hydroxylation is 1. The Morgan fingerprint density at radius 2 is 1.81 bits per heavy atom. The second-order valence-electron chi connectivity index (χ2n) is 7.55. The highest BCUT2D eigenvalue weighted by molar-refractivity contribution is 7.92. The predicted octanol–water partition coefficient (Wildman–Crippen LogP) is 2.63. The Labute approximate surface area is 183 Å². The number of carbonyl (C=O) groups is 1. The molecule has 1 heterocycles. The molecule has 2 aromatic carbocycles. The third kappa shape index (κ3) is 5.48. The molecule has 1 N–H and O–H groups in total. The normalized spacial score (nSPS) is 15.3. The lowest BCUT2D eigenvalue weighted by molar-refractivity contribution is -0.116. The Balaban J connectivity index is 1.80. The van der Waals surface area contributed by atoms with Crippen LogP contribution in [0.25, 0.3) is 0 Å².